The number of aromatic nitrogens is 2. The van der Waals surface area contributed by atoms with Crippen LogP contribution in [0.1, 0.15) is 31.2 Å². The third-order valence-corrected chi connectivity index (χ3v) is 2.42. The highest BCUT2D eigenvalue weighted by Crippen LogP contribution is 2.28. The van der Waals surface area contributed by atoms with Crippen LogP contribution < -0.4 is 5.32 Å². The van der Waals surface area contributed by atoms with Gasteiger partial charge in [-0.15, -0.1) is 0 Å². The molecule has 0 atom stereocenters. The molecule has 0 aliphatic carbocycles. The lowest BCUT2D eigenvalue weighted by Crippen LogP contribution is -2.29. The van der Waals surface area contributed by atoms with Gasteiger partial charge in [-0.2, -0.15) is 18.3 Å². The molecule has 0 aliphatic rings. The summed E-state index contributed by atoms with van der Waals surface area (Å²) in [7, 11) is 0. The first kappa shape index (κ1) is 14.5. The van der Waals surface area contributed by atoms with E-state index in [0.29, 0.717) is 12.2 Å². The van der Waals surface area contributed by atoms with Crippen LogP contribution in [0.15, 0.2) is 6.07 Å². The third kappa shape index (κ3) is 4.05. The van der Waals surface area contributed by atoms with Gasteiger partial charge in [-0.3, -0.25) is 9.48 Å². The summed E-state index contributed by atoms with van der Waals surface area (Å²) in [6.07, 6.45) is -2.69. The molecule has 0 bridgehead atoms. The van der Waals surface area contributed by atoms with E-state index < -0.39 is 11.9 Å². The lowest BCUT2D eigenvalue weighted by atomic mass is 10.3. The molecule has 0 unspecified atom stereocenters. The fourth-order valence-electron chi connectivity index (χ4n) is 1.41. The maximum absolute atomic E-state index is 12.4. The second kappa shape index (κ2) is 5.88. The van der Waals surface area contributed by atoms with Crippen LogP contribution in [0.4, 0.5) is 13.2 Å². The number of unbranched alkanes of at least 4 members (excludes halogenated alkanes) is 1. The molecule has 0 saturated heterocycles. The number of alkyl halides is 3. The summed E-state index contributed by atoms with van der Waals surface area (Å²) in [6, 6.07) is 0.930. The van der Waals surface area contributed by atoms with Crippen LogP contribution in [-0.2, 0) is 17.5 Å². The summed E-state index contributed by atoms with van der Waals surface area (Å²) in [5.41, 5.74) is -0.658. The zero-order chi connectivity index (χ0) is 13.8. The number of nitrogens with zero attached hydrogens (tertiary/aromatic N) is 2. The number of halogens is 3. The predicted molar refractivity (Wildman–Crippen MR) is 59.9 cm³/mol. The van der Waals surface area contributed by atoms with Crippen molar-refractivity contribution in [3.05, 3.63) is 17.5 Å². The monoisotopic (exact) mass is 263 g/mol. The standard InChI is InChI=1S/C11H16F3N3O/c1-3-4-5-15-10(18)7-17-8(2)6-9(16-17)11(12,13)14/h6H,3-5,7H2,1-2H3,(H,15,18). The van der Waals surface area contributed by atoms with Gasteiger partial charge in [0.25, 0.3) is 0 Å². The van der Waals surface area contributed by atoms with Crippen LogP contribution in [0.3, 0.4) is 0 Å². The average molecular weight is 263 g/mol. The lowest BCUT2D eigenvalue weighted by Gasteiger charge is -2.06. The second-order valence-corrected chi connectivity index (χ2v) is 4.03. The van der Waals surface area contributed by atoms with Crippen molar-refractivity contribution in [2.75, 3.05) is 6.54 Å². The number of carbonyl (C=O) groups excluding carboxylic acids is 1. The van der Waals surface area contributed by atoms with Gasteiger partial charge >= 0.3 is 6.18 Å². The molecular weight excluding hydrogens is 247 g/mol. The van der Waals surface area contributed by atoms with Crippen LogP contribution in [0.5, 0.6) is 0 Å². The fourth-order valence-corrected chi connectivity index (χ4v) is 1.41. The molecule has 0 fully saturated rings. The molecule has 1 N–H and O–H groups in total. The summed E-state index contributed by atoms with van der Waals surface area (Å²) >= 11 is 0. The molecule has 18 heavy (non-hydrogen) atoms. The number of carbonyl (C=O) groups is 1. The summed E-state index contributed by atoms with van der Waals surface area (Å²) in [6.45, 7) is 3.81. The maximum atomic E-state index is 12.4. The first-order valence-electron chi connectivity index (χ1n) is 5.73. The molecule has 1 rings (SSSR count). The Bertz CT molecular complexity index is 412. The van der Waals surface area contributed by atoms with Gasteiger partial charge in [0.05, 0.1) is 0 Å². The first-order chi connectivity index (χ1) is 8.34. The minimum absolute atomic E-state index is 0.189. The quantitative estimate of drug-likeness (QED) is 0.827. The van der Waals surface area contributed by atoms with E-state index in [1.165, 1.54) is 6.92 Å². The Morgan fingerprint density at radius 3 is 2.67 bits per heavy atom. The molecule has 7 heteroatoms. The summed E-state index contributed by atoms with van der Waals surface area (Å²) in [5.74, 6) is -0.330. The molecule has 4 nitrogen and oxygen atoms in total. The van der Waals surface area contributed by atoms with Crippen molar-refractivity contribution in [2.24, 2.45) is 0 Å². The van der Waals surface area contributed by atoms with Gasteiger partial charge in [-0.25, -0.2) is 0 Å². The van der Waals surface area contributed by atoms with E-state index >= 15 is 0 Å². The molecule has 0 saturated carbocycles. The lowest BCUT2D eigenvalue weighted by molar-refractivity contribution is -0.141. The molecule has 102 valence electrons. The number of rotatable bonds is 5. The molecule has 0 radical (unpaired) electrons. The predicted octanol–water partition coefficient (Wildman–Crippen LogP) is 2.13. The zero-order valence-electron chi connectivity index (χ0n) is 10.3. The smallest absolute Gasteiger partial charge is 0.354 e. The maximum Gasteiger partial charge on any atom is 0.435 e. The molecule has 0 spiro atoms. The minimum Gasteiger partial charge on any atom is -0.354 e. The van der Waals surface area contributed by atoms with Crippen molar-refractivity contribution in [1.82, 2.24) is 15.1 Å². The molecule has 1 aromatic heterocycles. The number of aryl methyl sites for hydroxylation is 1. The third-order valence-electron chi connectivity index (χ3n) is 2.42. The van der Waals surface area contributed by atoms with E-state index in [1.54, 1.807) is 0 Å². The number of hydrogen-bond acceptors (Lipinski definition) is 2. The highest BCUT2D eigenvalue weighted by molar-refractivity contribution is 5.75. The highest BCUT2D eigenvalue weighted by atomic mass is 19.4. The van der Waals surface area contributed by atoms with Crippen LogP contribution in [0.25, 0.3) is 0 Å². The molecule has 0 aromatic carbocycles. The van der Waals surface area contributed by atoms with Crippen LogP contribution in [-0.4, -0.2) is 22.2 Å². The van der Waals surface area contributed by atoms with Gasteiger partial charge in [0, 0.05) is 12.2 Å². The van der Waals surface area contributed by atoms with Crippen molar-refractivity contribution in [3.63, 3.8) is 0 Å². The number of nitrogens with one attached hydrogen (secondary N) is 1. The van der Waals surface area contributed by atoms with Crippen molar-refractivity contribution < 1.29 is 18.0 Å². The van der Waals surface area contributed by atoms with Crippen molar-refractivity contribution in [2.45, 2.75) is 39.4 Å². The van der Waals surface area contributed by atoms with Gasteiger partial charge < -0.3 is 5.32 Å². The van der Waals surface area contributed by atoms with Crippen molar-refractivity contribution in [3.8, 4) is 0 Å². The van der Waals surface area contributed by atoms with Gasteiger partial charge in [0.15, 0.2) is 5.69 Å². The Hall–Kier alpha value is -1.53. The Labute approximate surface area is 103 Å². The van der Waals surface area contributed by atoms with Crippen molar-refractivity contribution >= 4 is 5.91 Å². The summed E-state index contributed by atoms with van der Waals surface area (Å²) in [5, 5.41) is 6.01. The molecule has 0 aliphatic heterocycles. The second-order valence-electron chi connectivity index (χ2n) is 4.03. The molecule has 1 amide bonds. The molecular formula is C11H16F3N3O. The SMILES string of the molecule is CCCCNC(=O)Cn1nc(C(F)(F)F)cc1C. The summed E-state index contributed by atoms with van der Waals surface area (Å²) < 4.78 is 38.2. The largest absolute Gasteiger partial charge is 0.435 e. The Morgan fingerprint density at radius 2 is 2.17 bits per heavy atom. The highest BCUT2D eigenvalue weighted by Gasteiger charge is 2.34. The molecule has 1 heterocycles. The normalized spacial score (nSPS) is 11.6. The Kier molecular flexibility index (Phi) is 4.75. The van der Waals surface area contributed by atoms with Gasteiger partial charge in [0.2, 0.25) is 5.91 Å². The van der Waals surface area contributed by atoms with Gasteiger partial charge in [-0.05, 0) is 19.4 Å². The average Bonchev–Trinajstić information content (AvgIpc) is 2.60. The first-order valence-corrected chi connectivity index (χ1v) is 5.73. The van der Waals surface area contributed by atoms with E-state index in [4.69, 9.17) is 0 Å². The van der Waals surface area contributed by atoms with E-state index in [1.807, 2.05) is 6.92 Å². The molecule has 1 aromatic rings. The van der Waals surface area contributed by atoms with E-state index in [2.05, 4.69) is 10.4 Å². The Balaban J connectivity index is 2.62. The Morgan fingerprint density at radius 1 is 1.50 bits per heavy atom. The van der Waals surface area contributed by atoms with E-state index in [0.717, 1.165) is 23.6 Å². The number of amides is 1. The van der Waals surface area contributed by atoms with Gasteiger partial charge in [0.1, 0.15) is 6.54 Å². The van der Waals surface area contributed by atoms with Crippen LogP contribution in [0.2, 0.25) is 0 Å². The van der Waals surface area contributed by atoms with Crippen molar-refractivity contribution in [1.29, 1.82) is 0 Å². The fraction of sp³-hybridized carbons (Fsp3) is 0.636. The van der Waals surface area contributed by atoms with E-state index in [-0.39, 0.29) is 12.5 Å². The number of hydrogen-bond donors (Lipinski definition) is 1. The minimum atomic E-state index is -4.48. The van der Waals surface area contributed by atoms with Crippen LogP contribution >= 0.6 is 0 Å². The van der Waals surface area contributed by atoms with Gasteiger partial charge in [-0.1, -0.05) is 13.3 Å². The zero-order valence-corrected chi connectivity index (χ0v) is 10.3. The van der Waals surface area contributed by atoms with Crippen LogP contribution in [0, 0.1) is 6.92 Å². The topological polar surface area (TPSA) is 46.9 Å². The summed E-state index contributed by atoms with van der Waals surface area (Å²) in [4.78, 5) is 11.4. The van der Waals surface area contributed by atoms with E-state index in [9.17, 15) is 18.0 Å².